The van der Waals surface area contributed by atoms with Crippen molar-refractivity contribution < 1.29 is 9.53 Å². The summed E-state index contributed by atoms with van der Waals surface area (Å²) in [5.74, 6) is 0.513. The van der Waals surface area contributed by atoms with Crippen molar-refractivity contribution in [1.82, 2.24) is 10.6 Å². The molecular formula is C18H20N2O2S. The average Bonchev–Trinajstić information content (AvgIpc) is 2.56. The SMILES string of the molecule is CCNC(=S)NC(=O)c1ccc(OCCc2ccccc2)cc1. The van der Waals surface area contributed by atoms with Gasteiger partial charge in [-0.3, -0.25) is 10.1 Å². The number of amides is 1. The lowest BCUT2D eigenvalue weighted by molar-refractivity contribution is 0.0976. The Bertz CT molecular complexity index is 642. The van der Waals surface area contributed by atoms with Crippen molar-refractivity contribution in [2.75, 3.05) is 13.2 Å². The molecule has 0 aliphatic heterocycles. The lowest BCUT2D eigenvalue weighted by atomic mass is 10.2. The van der Waals surface area contributed by atoms with Crippen molar-refractivity contribution in [3.05, 3.63) is 65.7 Å². The van der Waals surface area contributed by atoms with Gasteiger partial charge in [0.1, 0.15) is 5.75 Å². The van der Waals surface area contributed by atoms with Gasteiger partial charge >= 0.3 is 0 Å². The fourth-order valence-electron chi connectivity index (χ4n) is 2.01. The van der Waals surface area contributed by atoms with Crippen molar-refractivity contribution in [2.45, 2.75) is 13.3 Å². The van der Waals surface area contributed by atoms with Gasteiger partial charge in [0.25, 0.3) is 5.91 Å². The van der Waals surface area contributed by atoms with E-state index in [0.717, 1.165) is 12.2 Å². The van der Waals surface area contributed by atoms with Crippen LogP contribution in [0.5, 0.6) is 5.75 Å². The molecule has 0 spiro atoms. The minimum Gasteiger partial charge on any atom is -0.493 e. The Hall–Kier alpha value is -2.40. The van der Waals surface area contributed by atoms with E-state index in [1.165, 1.54) is 5.56 Å². The smallest absolute Gasteiger partial charge is 0.257 e. The van der Waals surface area contributed by atoms with E-state index in [2.05, 4.69) is 22.8 Å². The predicted octanol–water partition coefficient (Wildman–Crippen LogP) is 2.93. The highest BCUT2D eigenvalue weighted by Gasteiger charge is 2.07. The minimum absolute atomic E-state index is 0.230. The highest BCUT2D eigenvalue weighted by molar-refractivity contribution is 7.80. The summed E-state index contributed by atoms with van der Waals surface area (Å²) >= 11 is 4.99. The van der Waals surface area contributed by atoms with Crippen LogP contribution in [0.1, 0.15) is 22.8 Å². The van der Waals surface area contributed by atoms with Crippen LogP contribution in [0.15, 0.2) is 54.6 Å². The van der Waals surface area contributed by atoms with E-state index in [-0.39, 0.29) is 5.91 Å². The largest absolute Gasteiger partial charge is 0.493 e. The molecule has 0 aliphatic carbocycles. The molecule has 0 aliphatic rings. The molecule has 0 saturated heterocycles. The molecule has 2 aromatic carbocycles. The van der Waals surface area contributed by atoms with Crippen molar-refractivity contribution in [2.24, 2.45) is 0 Å². The average molecular weight is 328 g/mol. The maximum atomic E-state index is 12.0. The van der Waals surface area contributed by atoms with Gasteiger partial charge in [0.2, 0.25) is 0 Å². The molecule has 2 aromatic rings. The summed E-state index contributed by atoms with van der Waals surface area (Å²) in [5, 5.41) is 5.83. The van der Waals surface area contributed by atoms with E-state index in [4.69, 9.17) is 17.0 Å². The van der Waals surface area contributed by atoms with Crippen LogP contribution in [0.25, 0.3) is 0 Å². The zero-order chi connectivity index (χ0) is 16.5. The van der Waals surface area contributed by atoms with Gasteiger partial charge in [-0.15, -0.1) is 0 Å². The van der Waals surface area contributed by atoms with Gasteiger partial charge in [-0.2, -0.15) is 0 Å². The van der Waals surface area contributed by atoms with Gasteiger partial charge in [-0.25, -0.2) is 0 Å². The molecule has 23 heavy (non-hydrogen) atoms. The second-order valence-electron chi connectivity index (χ2n) is 4.92. The molecule has 5 heteroatoms. The number of ether oxygens (including phenoxy) is 1. The molecule has 2 rings (SSSR count). The second kappa shape index (κ2) is 8.90. The monoisotopic (exact) mass is 328 g/mol. The Balaban J connectivity index is 1.82. The molecule has 0 bridgehead atoms. The molecule has 4 nitrogen and oxygen atoms in total. The Kier molecular flexibility index (Phi) is 6.56. The van der Waals surface area contributed by atoms with Crippen LogP contribution < -0.4 is 15.4 Å². The van der Waals surface area contributed by atoms with Crippen LogP contribution in [0.2, 0.25) is 0 Å². The number of carbonyl (C=O) groups excluding carboxylic acids is 1. The molecule has 0 aromatic heterocycles. The van der Waals surface area contributed by atoms with Gasteiger partial charge in [0.15, 0.2) is 5.11 Å². The number of nitrogens with one attached hydrogen (secondary N) is 2. The van der Waals surface area contributed by atoms with E-state index in [0.29, 0.717) is 23.8 Å². The van der Waals surface area contributed by atoms with Crippen molar-refractivity contribution in [3.63, 3.8) is 0 Å². The first kappa shape index (κ1) is 17.0. The van der Waals surface area contributed by atoms with Gasteiger partial charge in [-0.1, -0.05) is 30.3 Å². The van der Waals surface area contributed by atoms with E-state index < -0.39 is 0 Å². The Morgan fingerprint density at radius 2 is 1.78 bits per heavy atom. The lowest BCUT2D eigenvalue weighted by Crippen LogP contribution is -2.38. The van der Waals surface area contributed by atoms with Crippen molar-refractivity contribution >= 4 is 23.2 Å². The number of thiocarbonyl (C=S) groups is 1. The zero-order valence-electron chi connectivity index (χ0n) is 13.0. The number of hydrogen-bond acceptors (Lipinski definition) is 3. The molecular weight excluding hydrogens is 308 g/mol. The van der Waals surface area contributed by atoms with Gasteiger partial charge in [0.05, 0.1) is 6.61 Å². The van der Waals surface area contributed by atoms with Crippen LogP contribution in [-0.2, 0) is 6.42 Å². The van der Waals surface area contributed by atoms with Crippen LogP contribution in [0.3, 0.4) is 0 Å². The fourth-order valence-corrected chi connectivity index (χ4v) is 2.25. The summed E-state index contributed by atoms with van der Waals surface area (Å²) in [4.78, 5) is 12.0. The fraction of sp³-hybridized carbons (Fsp3) is 0.222. The summed E-state index contributed by atoms with van der Waals surface area (Å²) in [6, 6.07) is 17.2. The molecule has 0 radical (unpaired) electrons. The summed E-state index contributed by atoms with van der Waals surface area (Å²) in [6.45, 7) is 3.19. The summed E-state index contributed by atoms with van der Waals surface area (Å²) < 4.78 is 5.69. The number of carbonyl (C=O) groups is 1. The highest BCUT2D eigenvalue weighted by atomic mass is 32.1. The number of hydrogen-bond donors (Lipinski definition) is 2. The van der Waals surface area contributed by atoms with Gasteiger partial charge in [0, 0.05) is 18.5 Å². The summed E-state index contributed by atoms with van der Waals surface area (Å²) in [5.41, 5.74) is 1.78. The quantitative estimate of drug-likeness (QED) is 0.801. The molecule has 0 saturated carbocycles. The second-order valence-corrected chi connectivity index (χ2v) is 5.33. The van der Waals surface area contributed by atoms with E-state index >= 15 is 0 Å². The molecule has 0 unspecified atom stereocenters. The number of rotatable bonds is 6. The molecule has 0 atom stereocenters. The predicted molar refractivity (Wildman–Crippen MR) is 95.8 cm³/mol. The van der Waals surface area contributed by atoms with Gasteiger partial charge < -0.3 is 10.1 Å². The Labute approximate surface area is 141 Å². The third kappa shape index (κ3) is 5.71. The summed E-state index contributed by atoms with van der Waals surface area (Å²) in [6.07, 6.45) is 0.847. The van der Waals surface area contributed by atoms with E-state index in [1.807, 2.05) is 25.1 Å². The minimum atomic E-state index is -0.230. The van der Waals surface area contributed by atoms with E-state index in [1.54, 1.807) is 24.3 Å². The molecule has 2 N–H and O–H groups in total. The van der Waals surface area contributed by atoms with E-state index in [9.17, 15) is 4.79 Å². The zero-order valence-corrected chi connectivity index (χ0v) is 13.9. The van der Waals surface area contributed by atoms with Crippen LogP contribution >= 0.6 is 12.2 Å². The third-order valence-corrected chi connectivity index (χ3v) is 3.43. The first-order valence-electron chi connectivity index (χ1n) is 7.55. The standard InChI is InChI=1S/C18H20N2O2S/c1-2-19-18(23)20-17(21)15-8-10-16(11-9-15)22-13-12-14-6-4-3-5-7-14/h3-11H,2,12-13H2,1H3,(H2,19,20,21,23). The van der Waals surface area contributed by atoms with Crippen molar-refractivity contribution in [3.8, 4) is 5.75 Å². The van der Waals surface area contributed by atoms with Crippen LogP contribution in [0.4, 0.5) is 0 Å². The first-order chi connectivity index (χ1) is 11.2. The molecule has 1 amide bonds. The highest BCUT2D eigenvalue weighted by Crippen LogP contribution is 2.13. The maximum absolute atomic E-state index is 12.0. The first-order valence-corrected chi connectivity index (χ1v) is 7.96. The molecule has 0 heterocycles. The van der Waals surface area contributed by atoms with Gasteiger partial charge in [-0.05, 0) is 49.0 Å². The van der Waals surface area contributed by atoms with Crippen LogP contribution in [-0.4, -0.2) is 24.2 Å². The van der Waals surface area contributed by atoms with Crippen LogP contribution in [0, 0.1) is 0 Å². The topological polar surface area (TPSA) is 50.4 Å². The normalized spacial score (nSPS) is 9.96. The third-order valence-electron chi connectivity index (χ3n) is 3.18. The Morgan fingerprint density at radius 1 is 1.09 bits per heavy atom. The number of benzene rings is 2. The lowest BCUT2D eigenvalue weighted by Gasteiger charge is -2.09. The molecule has 120 valence electrons. The maximum Gasteiger partial charge on any atom is 0.257 e. The molecule has 0 fully saturated rings. The Morgan fingerprint density at radius 3 is 2.43 bits per heavy atom. The summed E-state index contributed by atoms with van der Waals surface area (Å²) in [7, 11) is 0. The van der Waals surface area contributed by atoms with Crippen molar-refractivity contribution in [1.29, 1.82) is 0 Å².